The van der Waals surface area contributed by atoms with Gasteiger partial charge in [-0.1, -0.05) is 11.6 Å². The van der Waals surface area contributed by atoms with E-state index in [9.17, 15) is 14.9 Å². The van der Waals surface area contributed by atoms with Crippen molar-refractivity contribution in [3.8, 4) is 0 Å². The van der Waals surface area contributed by atoms with Gasteiger partial charge in [0.1, 0.15) is 6.54 Å². The summed E-state index contributed by atoms with van der Waals surface area (Å²) in [4.78, 5) is 22.0. The zero-order chi connectivity index (χ0) is 14.7. The molecule has 2 rings (SSSR count). The molecule has 8 heteroatoms. The molecular weight excluding hydrogens is 284 g/mol. The molecule has 1 N–H and O–H groups in total. The van der Waals surface area contributed by atoms with E-state index in [0.717, 1.165) is 5.69 Å². The van der Waals surface area contributed by atoms with Gasteiger partial charge in [0.2, 0.25) is 5.91 Å². The number of nitro benzene ring substituents is 1. The van der Waals surface area contributed by atoms with Crippen LogP contribution in [0.2, 0.25) is 5.02 Å². The lowest BCUT2D eigenvalue weighted by molar-refractivity contribution is -0.384. The number of halogens is 1. The highest BCUT2D eigenvalue weighted by Gasteiger charge is 2.12. The summed E-state index contributed by atoms with van der Waals surface area (Å²) in [7, 11) is 0. The van der Waals surface area contributed by atoms with Crippen LogP contribution < -0.4 is 5.32 Å². The first-order valence-electron chi connectivity index (χ1n) is 5.69. The minimum atomic E-state index is -0.553. The molecule has 0 spiro atoms. The van der Waals surface area contributed by atoms with Crippen LogP contribution in [-0.4, -0.2) is 20.6 Å². The fourth-order valence-electron chi connectivity index (χ4n) is 1.61. The lowest BCUT2D eigenvalue weighted by Crippen LogP contribution is -2.19. The van der Waals surface area contributed by atoms with E-state index in [0.29, 0.717) is 0 Å². The number of carbonyl (C=O) groups excluding carboxylic acids is 1. The van der Waals surface area contributed by atoms with Crippen molar-refractivity contribution in [2.45, 2.75) is 13.5 Å². The van der Waals surface area contributed by atoms with Gasteiger partial charge >= 0.3 is 0 Å². The highest BCUT2D eigenvalue weighted by atomic mass is 35.5. The number of carbonyl (C=O) groups is 1. The molecule has 0 radical (unpaired) electrons. The first-order chi connectivity index (χ1) is 9.45. The van der Waals surface area contributed by atoms with Gasteiger partial charge in [0.05, 0.1) is 21.3 Å². The second-order valence-electron chi connectivity index (χ2n) is 4.12. The third-order valence-corrected chi connectivity index (χ3v) is 2.84. The highest BCUT2D eigenvalue weighted by molar-refractivity contribution is 6.33. The number of aryl methyl sites for hydroxylation is 1. The Morgan fingerprint density at radius 3 is 2.85 bits per heavy atom. The number of nitrogens with zero attached hydrogens (tertiary/aromatic N) is 3. The van der Waals surface area contributed by atoms with Crippen molar-refractivity contribution in [1.29, 1.82) is 0 Å². The van der Waals surface area contributed by atoms with Crippen LogP contribution in [0.1, 0.15) is 5.69 Å². The van der Waals surface area contributed by atoms with Gasteiger partial charge in [-0.2, -0.15) is 5.10 Å². The molecule has 0 bridgehead atoms. The molecule has 0 aliphatic heterocycles. The number of hydrogen-bond acceptors (Lipinski definition) is 4. The number of aromatic nitrogens is 2. The molecule has 1 aromatic carbocycles. The maximum absolute atomic E-state index is 11.8. The minimum absolute atomic E-state index is 0.00681. The summed E-state index contributed by atoms with van der Waals surface area (Å²) in [6.45, 7) is 1.82. The molecule has 7 nitrogen and oxygen atoms in total. The molecule has 0 atom stereocenters. The highest BCUT2D eigenvalue weighted by Crippen LogP contribution is 2.26. The van der Waals surface area contributed by atoms with E-state index < -0.39 is 4.92 Å². The maximum Gasteiger partial charge on any atom is 0.271 e. The molecule has 0 aliphatic carbocycles. The van der Waals surface area contributed by atoms with Crippen molar-refractivity contribution in [3.63, 3.8) is 0 Å². The van der Waals surface area contributed by atoms with Crippen LogP contribution in [0.4, 0.5) is 11.4 Å². The van der Waals surface area contributed by atoms with Crippen LogP contribution in [0.3, 0.4) is 0 Å². The van der Waals surface area contributed by atoms with E-state index in [1.165, 1.54) is 22.9 Å². The zero-order valence-electron chi connectivity index (χ0n) is 10.5. The van der Waals surface area contributed by atoms with Crippen molar-refractivity contribution in [2.75, 3.05) is 5.32 Å². The molecule has 0 saturated heterocycles. The molecule has 20 heavy (non-hydrogen) atoms. The molecular formula is C12H11ClN4O3. The van der Waals surface area contributed by atoms with Gasteiger partial charge in [-0.3, -0.25) is 19.6 Å². The lowest BCUT2D eigenvalue weighted by atomic mass is 10.3. The zero-order valence-corrected chi connectivity index (χ0v) is 11.3. The Morgan fingerprint density at radius 2 is 2.25 bits per heavy atom. The largest absolute Gasteiger partial charge is 0.323 e. The van der Waals surface area contributed by atoms with Gasteiger partial charge in [-0.05, 0) is 19.1 Å². The Hall–Kier alpha value is -2.41. The Bertz CT molecular complexity index is 668. The van der Waals surface area contributed by atoms with Crippen LogP contribution in [0.25, 0.3) is 0 Å². The standard InChI is InChI=1S/C12H11ClN4O3/c1-8-4-5-16(15-8)7-12(18)14-11-6-9(17(19)20)2-3-10(11)13/h2-6H,7H2,1H3,(H,14,18). The van der Waals surface area contributed by atoms with Crippen molar-refractivity contribution in [2.24, 2.45) is 0 Å². The maximum atomic E-state index is 11.8. The first-order valence-corrected chi connectivity index (χ1v) is 6.07. The van der Waals surface area contributed by atoms with Crippen LogP contribution in [0.15, 0.2) is 30.5 Å². The van der Waals surface area contributed by atoms with Gasteiger partial charge < -0.3 is 5.32 Å². The van der Waals surface area contributed by atoms with E-state index in [2.05, 4.69) is 10.4 Å². The molecule has 1 aromatic heterocycles. The number of nitrogens with one attached hydrogen (secondary N) is 1. The smallest absolute Gasteiger partial charge is 0.271 e. The second-order valence-corrected chi connectivity index (χ2v) is 4.53. The van der Waals surface area contributed by atoms with Crippen molar-refractivity contribution in [3.05, 3.63) is 51.3 Å². The fourth-order valence-corrected chi connectivity index (χ4v) is 1.78. The van der Waals surface area contributed by atoms with E-state index in [1.54, 1.807) is 12.3 Å². The lowest BCUT2D eigenvalue weighted by Gasteiger charge is -2.07. The Balaban J connectivity index is 2.11. The number of hydrogen-bond donors (Lipinski definition) is 1. The molecule has 1 amide bonds. The molecule has 2 aromatic rings. The third-order valence-electron chi connectivity index (χ3n) is 2.51. The predicted octanol–water partition coefficient (Wildman–Crippen LogP) is 2.39. The number of nitro groups is 1. The summed E-state index contributed by atoms with van der Waals surface area (Å²) in [6, 6.07) is 5.63. The van der Waals surface area contributed by atoms with Gasteiger partial charge in [-0.15, -0.1) is 0 Å². The van der Waals surface area contributed by atoms with Crippen LogP contribution >= 0.6 is 11.6 Å². The Kier molecular flexibility index (Phi) is 3.99. The van der Waals surface area contributed by atoms with Gasteiger partial charge in [-0.25, -0.2) is 0 Å². The Labute approximate surface area is 119 Å². The van der Waals surface area contributed by atoms with E-state index >= 15 is 0 Å². The summed E-state index contributed by atoms with van der Waals surface area (Å²) in [5, 5.41) is 17.5. The van der Waals surface area contributed by atoms with Crippen LogP contribution in [0.5, 0.6) is 0 Å². The minimum Gasteiger partial charge on any atom is -0.323 e. The summed E-state index contributed by atoms with van der Waals surface area (Å²) >= 11 is 5.89. The Morgan fingerprint density at radius 1 is 1.50 bits per heavy atom. The van der Waals surface area contributed by atoms with Crippen LogP contribution in [-0.2, 0) is 11.3 Å². The van der Waals surface area contributed by atoms with Gasteiger partial charge in [0.25, 0.3) is 5.69 Å². The van der Waals surface area contributed by atoms with Crippen molar-refractivity contribution < 1.29 is 9.72 Å². The monoisotopic (exact) mass is 294 g/mol. The number of rotatable bonds is 4. The van der Waals surface area contributed by atoms with Gasteiger partial charge in [0.15, 0.2) is 0 Å². The van der Waals surface area contributed by atoms with E-state index in [1.807, 2.05) is 6.92 Å². The molecule has 0 aliphatic rings. The normalized spacial score (nSPS) is 10.3. The number of non-ortho nitro benzene ring substituents is 1. The fraction of sp³-hybridized carbons (Fsp3) is 0.167. The average molecular weight is 295 g/mol. The first kappa shape index (κ1) is 14.0. The van der Waals surface area contributed by atoms with Crippen molar-refractivity contribution in [1.82, 2.24) is 9.78 Å². The second kappa shape index (κ2) is 5.70. The summed E-state index contributed by atoms with van der Waals surface area (Å²) in [5.41, 5.74) is 0.862. The summed E-state index contributed by atoms with van der Waals surface area (Å²) in [6.07, 6.45) is 1.67. The summed E-state index contributed by atoms with van der Waals surface area (Å²) in [5.74, 6) is -0.365. The quantitative estimate of drug-likeness (QED) is 0.692. The summed E-state index contributed by atoms with van der Waals surface area (Å²) < 4.78 is 1.47. The van der Waals surface area contributed by atoms with Gasteiger partial charge in [0, 0.05) is 18.3 Å². The predicted molar refractivity (Wildman–Crippen MR) is 73.7 cm³/mol. The van der Waals surface area contributed by atoms with Crippen molar-refractivity contribution >= 4 is 28.9 Å². The SMILES string of the molecule is Cc1ccn(CC(=O)Nc2cc([N+](=O)[O-])ccc2Cl)n1. The number of amides is 1. The number of benzene rings is 1. The topological polar surface area (TPSA) is 90.1 Å². The van der Waals surface area contributed by atoms with E-state index in [4.69, 9.17) is 11.6 Å². The number of anilines is 1. The molecule has 0 saturated carbocycles. The molecule has 0 fully saturated rings. The van der Waals surface area contributed by atoms with E-state index in [-0.39, 0.29) is 28.8 Å². The molecule has 104 valence electrons. The third kappa shape index (κ3) is 3.33. The molecule has 0 unspecified atom stereocenters. The molecule has 1 heterocycles. The van der Waals surface area contributed by atoms with Crippen LogP contribution in [0, 0.1) is 17.0 Å². The average Bonchev–Trinajstić information content (AvgIpc) is 2.77.